The average Bonchev–Trinajstić information content (AvgIpc) is 3.07. The van der Waals surface area contributed by atoms with Gasteiger partial charge in [0.25, 0.3) is 0 Å². The van der Waals surface area contributed by atoms with Crippen molar-refractivity contribution in [2.24, 2.45) is 7.05 Å². The Morgan fingerprint density at radius 2 is 2.00 bits per heavy atom. The number of imidazole rings is 1. The van der Waals surface area contributed by atoms with Crippen molar-refractivity contribution in [3.63, 3.8) is 0 Å². The van der Waals surface area contributed by atoms with Gasteiger partial charge in [-0.15, -0.1) is 11.3 Å². The second kappa shape index (κ2) is 8.57. The molecule has 0 spiro atoms. The van der Waals surface area contributed by atoms with Crippen LogP contribution >= 0.6 is 11.3 Å². The monoisotopic (exact) mass is 393 g/mol. The summed E-state index contributed by atoms with van der Waals surface area (Å²) >= 11 is 1.55. The number of nitrogens with two attached hydrogens (primary N) is 1. The number of aryl methyl sites for hydroxylation is 2. The summed E-state index contributed by atoms with van der Waals surface area (Å²) in [5, 5.41) is 0.610. The summed E-state index contributed by atoms with van der Waals surface area (Å²) < 4.78 is 48.3. The number of esters is 1. The third-order valence-corrected chi connectivity index (χ3v) is 4.93. The van der Waals surface area contributed by atoms with Gasteiger partial charge in [0.1, 0.15) is 30.5 Å². The molecule has 1 aliphatic rings. The lowest BCUT2D eigenvalue weighted by atomic mass is 9.95. The fourth-order valence-corrected chi connectivity index (χ4v) is 3.91. The van der Waals surface area contributed by atoms with E-state index < -0.39 is 7.25 Å². The molecule has 0 fully saturated rings. The maximum absolute atomic E-state index is 12.3. The van der Waals surface area contributed by atoms with Crippen molar-refractivity contribution in [2.45, 2.75) is 32.2 Å². The minimum atomic E-state index is -6.00. The lowest BCUT2D eigenvalue weighted by Crippen LogP contribution is -2.24. The van der Waals surface area contributed by atoms with Crippen LogP contribution in [-0.2, 0) is 31.2 Å². The molecule has 26 heavy (non-hydrogen) atoms. The molecule has 5 nitrogen and oxygen atoms in total. The molecule has 0 atom stereocenters. The van der Waals surface area contributed by atoms with Crippen LogP contribution in [0.5, 0.6) is 0 Å². The molecule has 0 saturated heterocycles. The van der Waals surface area contributed by atoms with Crippen LogP contribution in [0.1, 0.15) is 33.6 Å². The number of nitrogen functional groups attached to an aromatic ring is 1. The number of hydrogen-bond donors (Lipinski definition) is 1. The number of aromatic nitrogens is 2. The molecular weight excluding hydrogens is 373 g/mol. The topological polar surface area (TPSA) is 61.1 Å². The van der Waals surface area contributed by atoms with Gasteiger partial charge in [0, 0.05) is 4.88 Å². The highest BCUT2D eigenvalue weighted by Crippen LogP contribution is 2.36. The molecular formula is C15H20BF4N3O2S. The minimum Gasteiger partial charge on any atom is -0.458 e. The zero-order valence-corrected chi connectivity index (χ0v) is 15.1. The van der Waals surface area contributed by atoms with E-state index in [0.29, 0.717) is 23.7 Å². The van der Waals surface area contributed by atoms with Crippen LogP contribution in [0.15, 0.2) is 18.7 Å². The normalized spacial score (nSPS) is 13.6. The predicted octanol–water partition coefficient (Wildman–Crippen LogP) is 2.99. The number of nitrogens with zero attached hydrogens (tertiary/aromatic N) is 2. The van der Waals surface area contributed by atoms with E-state index in [-0.39, 0.29) is 5.97 Å². The number of anilines is 1. The van der Waals surface area contributed by atoms with Crippen molar-refractivity contribution in [3.8, 4) is 0 Å². The van der Waals surface area contributed by atoms with E-state index in [4.69, 9.17) is 10.5 Å². The molecule has 0 radical (unpaired) electrons. The number of hydrogen-bond acceptors (Lipinski definition) is 4. The van der Waals surface area contributed by atoms with E-state index in [9.17, 15) is 22.1 Å². The second-order valence-electron chi connectivity index (χ2n) is 5.90. The summed E-state index contributed by atoms with van der Waals surface area (Å²) in [6.07, 6.45) is 10.2. The van der Waals surface area contributed by atoms with Crippen LogP contribution in [0.4, 0.5) is 22.3 Å². The second-order valence-corrected chi connectivity index (χ2v) is 7.03. The van der Waals surface area contributed by atoms with Gasteiger partial charge >= 0.3 is 13.2 Å². The third-order valence-electron chi connectivity index (χ3n) is 3.81. The van der Waals surface area contributed by atoms with Gasteiger partial charge in [-0.05, 0) is 31.2 Å². The Kier molecular flexibility index (Phi) is 6.68. The van der Waals surface area contributed by atoms with Crippen molar-refractivity contribution >= 4 is 29.6 Å². The van der Waals surface area contributed by atoms with E-state index in [0.717, 1.165) is 24.8 Å². The maximum Gasteiger partial charge on any atom is 0.673 e. The van der Waals surface area contributed by atoms with Gasteiger partial charge < -0.3 is 27.7 Å². The first-order valence-corrected chi connectivity index (χ1v) is 8.92. The molecule has 0 unspecified atom stereocenters. The van der Waals surface area contributed by atoms with Crippen LogP contribution in [0.3, 0.4) is 0 Å². The molecule has 2 aromatic heterocycles. The van der Waals surface area contributed by atoms with Crippen molar-refractivity contribution in [1.29, 1.82) is 0 Å². The van der Waals surface area contributed by atoms with Gasteiger partial charge in [-0.1, -0.05) is 0 Å². The van der Waals surface area contributed by atoms with Crippen LogP contribution in [0.25, 0.3) is 0 Å². The first-order valence-electron chi connectivity index (χ1n) is 8.10. The van der Waals surface area contributed by atoms with Crippen molar-refractivity contribution in [2.75, 3.05) is 12.3 Å². The predicted molar refractivity (Wildman–Crippen MR) is 91.4 cm³/mol. The number of carbonyl (C=O) groups is 1. The maximum atomic E-state index is 12.3. The molecule has 11 heteroatoms. The summed E-state index contributed by atoms with van der Waals surface area (Å²) in [6.45, 7) is 1.01. The van der Waals surface area contributed by atoms with E-state index >= 15 is 0 Å². The van der Waals surface area contributed by atoms with Crippen LogP contribution in [0, 0.1) is 0 Å². The highest BCUT2D eigenvalue weighted by Gasteiger charge is 2.25. The number of rotatable bonds is 4. The van der Waals surface area contributed by atoms with Crippen LogP contribution in [0.2, 0.25) is 0 Å². The average molecular weight is 393 g/mol. The molecule has 2 heterocycles. The Balaban J connectivity index is 0.000000431. The van der Waals surface area contributed by atoms with E-state index in [1.165, 1.54) is 11.3 Å². The smallest absolute Gasteiger partial charge is 0.458 e. The Labute approximate surface area is 152 Å². The fraction of sp³-hybridized carbons (Fsp3) is 0.467. The Hall–Kier alpha value is -2.04. The lowest BCUT2D eigenvalue weighted by Gasteiger charge is -2.12. The largest absolute Gasteiger partial charge is 0.673 e. The quantitative estimate of drug-likeness (QED) is 0.376. The van der Waals surface area contributed by atoms with E-state index in [1.807, 2.05) is 34.9 Å². The van der Waals surface area contributed by atoms with Gasteiger partial charge in [-0.25, -0.2) is 13.9 Å². The minimum absolute atomic E-state index is 0.275. The zero-order valence-electron chi connectivity index (χ0n) is 14.3. The first kappa shape index (κ1) is 20.3. The Bertz CT molecular complexity index is 755. The highest BCUT2D eigenvalue weighted by atomic mass is 32.1. The number of fused-ring (bicyclic) bond motifs is 1. The number of halogens is 4. The van der Waals surface area contributed by atoms with Gasteiger partial charge in [0.15, 0.2) is 0 Å². The molecule has 2 aromatic rings. The summed E-state index contributed by atoms with van der Waals surface area (Å²) in [5.74, 6) is -0.275. The molecule has 0 aromatic carbocycles. The lowest BCUT2D eigenvalue weighted by molar-refractivity contribution is -0.671. The molecule has 1 aliphatic carbocycles. The Morgan fingerprint density at radius 3 is 2.62 bits per heavy atom. The third kappa shape index (κ3) is 6.04. The highest BCUT2D eigenvalue weighted by molar-refractivity contribution is 7.16. The number of ether oxygens (including phenoxy) is 1. The van der Waals surface area contributed by atoms with Gasteiger partial charge in [0.05, 0.1) is 12.6 Å². The fourth-order valence-electron chi connectivity index (χ4n) is 2.76. The van der Waals surface area contributed by atoms with Gasteiger partial charge in [0.2, 0.25) is 6.33 Å². The molecule has 0 saturated carbocycles. The van der Waals surface area contributed by atoms with E-state index in [1.54, 1.807) is 11.3 Å². The molecule has 0 aliphatic heterocycles. The number of thiophene rings is 1. The molecule has 3 rings (SSSR count). The van der Waals surface area contributed by atoms with Gasteiger partial charge in [-0.3, -0.25) is 0 Å². The van der Waals surface area contributed by atoms with E-state index in [2.05, 4.69) is 0 Å². The zero-order chi connectivity index (χ0) is 19.3. The Morgan fingerprint density at radius 1 is 1.35 bits per heavy atom. The summed E-state index contributed by atoms with van der Waals surface area (Å²) in [7, 11) is -4.04. The standard InChI is InChI=1S/C15H19N3O2S.BF4/c1-17-6-7-18(10-17)8-9-20-15(19)13-11-4-2-3-5-12(11)21-14(13)16;2-1(3,4)5/h6-7,10H,2-5,8-9H2,1H3,(H-,16,19);/q;-1/p+1. The van der Waals surface area contributed by atoms with Crippen LogP contribution < -0.4 is 10.3 Å². The van der Waals surface area contributed by atoms with Crippen molar-refractivity contribution in [3.05, 3.63) is 34.7 Å². The number of carbonyl (C=O) groups excluding carboxylic acids is 1. The molecule has 2 N–H and O–H groups in total. The van der Waals surface area contributed by atoms with Crippen LogP contribution in [-0.4, -0.2) is 24.4 Å². The first-order chi connectivity index (χ1) is 12.1. The molecule has 0 bridgehead atoms. The SMILES string of the molecule is C[n+]1ccn(CCOC(=O)c2c(N)sc3c2CCCC3)c1.F[B-](F)(F)F. The molecule has 144 valence electrons. The summed E-state index contributed by atoms with van der Waals surface area (Å²) in [6, 6.07) is 0. The summed E-state index contributed by atoms with van der Waals surface area (Å²) in [4.78, 5) is 13.6. The molecule has 0 amide bonds. The van der Waals surface area contributed by atoms with Crippen molar-refractivity contribution < 1.29 is 31.4 Å². The van der Waals surface area contributed by atoms with Crippen molar-refractivity contribution in [1.82, 2.24) is 4.57 Å². The van der Waals surface area contributed by atoms with Gasteiger partial charge in [-0.2, -0.15) is 0 Å². The summed E-state index contributed by atoms with van der Waals surface area (Å²) in [5.41, 5.74) is 7.76.